The first-order chi connectivity index (χ1) is 12.4. The molecule has 0 unspecified atom stereocenters. The molecule has 0 fully saturated rings. The van der Waals surface area contributed by atoms with Gasteiger partial charge in [0.1, 0.15) is 5.75 Å². The highest BCUT2D eigenvalue weighted by atomic mass is 19.3. The molecule has 26 heavy (non-hydrogen) atoms. The van der Waals surface area contributed by atoms with Gasteiger partial charge in [-0.1, -0.05) is 24.3 Å². The summed E-state index contributed by atoms with van der Waals surface area (Å²) in [5.74, 6) is -0.982. The highest BCUT2D eigenvalue weighted by molar-refractivity contribution is 5.90. The Bertz CT molecular complexity index is 747. The number of aliphatic carboxylic acids is 1. The number of carboxylic acid groups (broad SMARTS) is 1. The van der Waals surface area contributed by atoms with E-state index in [1.807, 2.05) is 6.07 Å². The summed E-state index contributed by atoms with van der Waals surface area (Å²) < 4.78 is 28.5. The Balaban J connectivity index is 1.83. The fraction of sp³-hybridized carbons (Fsp3) is 0.263. The third kappa shape index (κ3) is 6.88. The molecule has 7 heteroatoms. The van der Waals surface area contributed by atoms with Gasteiger partial charge in [-0.05, 0) is 48.2 Å². The zero-order valence-electron chi connectivity index (χ0n) is 14.0. The van der Waals surface area contributed by atoms with E-state index in [4.69, 9.17) is 5.11 Å². The van der Waals surface area contributed by atoms with Crippen LogP contribution in [0.1, 0.15) is 24.0 Å². The van der Waals surface area contributed by atoms with Crippen molar-refractivity contribution in [3.05, 3.63) is 59.7 Å². The Morgan fingerprint density at radius 1 is 1.00 bits per heavy atom. The number of carbonyl (C=O) groups excluding carboxylic acids is 1. The fourth-order valence-corrected chi connectivity index (χ4v) is 2.37. The molecule has 1 amide bonds. The molecular formula is C19H19F2NO4. The van der Waals surface area contributed by atoms with Gasteiger partial charge in [0.2, 0.25) is 5.91 Å². The molecule has 0 aliphatic rings. The highest BCUT2D eigenvalue weighted by Gasteiger charge is 2.07. The summed E-state index contributed by atoms with van der Waals surface area (Å²) in [5, 5.41) is 11.5. The van der Waals surface area contributed by atoms with E-state index >= 15 is 0 Å². The molecule has 5 nitrogen and oxygen atoms in total. The Kier molecular flexibility index (Phi) is 7.08. The normalized spacial score (nSPS) is 10.6. The maximum atomic E-state index is 12.1. The molecule has 2 aromatic carbocycles. The quantitative estimate of drug-likeness (QED) is 0.709. The average Bonchev–Trinajstić information content (AvgIpc) is 2.59. The van der Waals surface area contributed by atoms with Crippen LogP contribution in [-0.2, 0) is 22.4 Å². The summed E-state index contributed by atoms with van der Waals surface area (Å²) in [6.07, 6.45) is 1.11. The van der Waals surface area contributed by atoms with E-state index in [0.29, 0.717) is 18.5 Å². The predicted molar refractivity (Wildman–Crippen MR) is 92.4 cm³/mol. The van der Waals surface area contributed by atoms with Crippen LogP contribution in [0.2, 0.25) is 0 Å². The Labute approximate surface area is 149 Å². The van der Waals surface area contributed by atoms with Crippen LogP contribution < -0.4 is 10.1 Å². The molecule has 0 heterocycles. The van der Waals surface area contributed by atoms with Crippen LogP contribution in [0.4, 0.5) is 14.5 Å². The fourth-order valence-electron chi connectivity index (χ4n) is 2.37. The number of nitrogens with one attached hydrogen (secondary N) is 1. The number of ether oxygens (including phenoxy) is 1. The summed E-state index contributed by atoms with van der Waals surface area (Å²) >= 11 is 0. The zero-order valence-corrected chi connectivity index (χ0v) is 14.0. The molecule has 0 bridgehead atoms. The van der Waals surface area contributed by atoms with Crippen molar-refractivity contribution in [2.75, 3.05) is 5.32 Å². The van der Waals surface area contributed by atoms with Crippen LogP contribution in [0.3, 0.4) is 0 Å². The first kappa shape index (κ1) is 19.4. The number of carbonyl (C=O) groups is 2. The van der Waals surface area contributed by atoms with Gasteiger partial charge >= 0.3 is 12.6 Å². The summed E-state index contributed by atoms with van der Waals surface area (Å²) in [7, 11) is 0. The van der Waals surface area contributed by atoms with E-state index in [1.165, 1.54) is 12.1 Å². The van der Waals surface area contributed by atoms with Crippen LogP contribution in [-0.4, -0.2) is 23.6 Å². The summed E-state index contributed by atoms with van der Waals surface area (Å²) in [5.41, 5.74) is 2.27. The van der Waals surface area contributed by atoms with Crippen molar-refractivity contribution in [3.8, 4) is 5.75 Å². The molecule has 2 N–H and O–H groups in total. The molecule has 138 valence electrons. The third-order valence-corrected chi connectivity index (χ3v) is 3.63. The maximum Gasteiger partial charge on any atom is 0.387 e. The van der Waals surface area contributed by atoms with Crippen LogP contribution in [0.25, 0.3) is 0 Å². The minimum atomic E-state index is -2.86. The number of aryl methyl sites for hydroxylation is 2. The van der Waals surface area contributed by atoms with Gasteiger partial charge in [-0.25, -0.2) is 0 Å². The van der Waals surface area contributed by atoms with Gasteiger partial charge in [0, 0.05) is 18.5 Å². The minimum absolute atomic E-state index is 0.0304. The number of hydrogen-bond donors (Lipinski definition) is 2. The predicted octanol–water partition coefficient (Wildman–Crippen LogP) is 3.88. The standard InChI is InChI=1S/C19H19F2NO4/c20-19(21)26-16-8-4-13(5-9-16)6-10-17(23)22-15-3-1-2-14(12-15)7-11-18(24)25/h1-5,8-9,12,19H,6-7,10-11H2,(H,22,23)(H,24,25). The lowest BCUT2D eigenvalue weighted by molar-refractivity contribution is -0.137. The number of hydrogen-bond acceptors (Lipinski definition) is 3. The SMILES string of the molecule is O=C(O)CCc1cccc(NC(=O)CCc2ccc(OC(F)F)cc2)c1. The second-order valence-electron chi connectivity index (χ2n) is 5.66. The van der Waals surface area contributed by atoms with Gasteiger partial charge in [-0.2, -0.15) is 8.78 Å². The van der Waals surface area contributed by atoms with Crippen LogP contribution in [0, 0.1) is 0 Å². The van der Waals surface area contributed by atoms with Crippen molar-refractivity contribution in [3.63, 3.8) is 0 Å². The molecule has 0 saturated heterocycles. The molecule has 0 spiro atoms. The maximum absolute atomic E-state index is 12.1. The second kappa shape index (κ2) is 9.50. The van der Waals surface area contributed by atoms with E-state index in [2.05, 4.69) is 10.1 Å². The summed E-state index contributed by atoms with van der Waals surface area (Å²) in [4.78, 5) is 22.7. The number of halogens is 2. The number of carboxylic acids is 1. The molecule has 0 saturated carbocycles. The Morgan fingerprint density at radius 3 is 2.35 bits per heavy atom. The summed E-state index contributed by atoms with van der Waals surface area (Å²) in [6, 6.07) is 13.2. The number of benzene rings is 2. The monoisotopic (exact) mass is 363 g/mol. The number of amides is 1. The van der Waals surface area contributed by atoms with E-state index in [-0.39, 0.29) is 24.5 Å². The lowest BCUT2D eigenvalue weighted by atomic mass is 10.1. The van der Waals surface area contributed by atoms with Crippen molar-refractivity contribution in [2.45, 2.75) is 32.3 Å². The third-order valence-electron chi connectivity index (χ3n) is 3.63. The van der Waals surface area contributed by atoms with Gasteiger partial charge in [0.05, 0.1) is 0 Å². The van der Waals surface area contributed by atoms with Crippen LogP contribution in [0.5, 0.6) is 5.75 Å². The minimum Gasteiger partial charge on any atom is -0.481 e. The van der Waals surface area contributed by atoms with Gasteiger partial charge in [-0.3, -0.25) is 9.59 Å². The van der Waals surface area contributed by atoms with E-state index in [9.17, 15) is 18.4 Å². The Hall–Kier alpha value is -2.96. The molecule has 2 rings (SSSR count). The number of alkyl halides is 2. The molecule has 0 aromatic heterocycles. The van der Waals surface area contributed by atoms with Crippen LogP contribution >= 0.6 is 0 Å². The Morgan fingerprint density at radius 2 is 1.69 bits per heavy atom. The number of rotatable bonds is 9. The zero-order chi connectivity index (χ0) is 18.9. The van der Waals surface area contributed by atoms with Crippen molar-refractivity contribution >= 4 is 17.6 Å². The van der Waals surface area contributed by atoms with E-state index in [1.54, 1.807) is 30.3 Å². The second-order valence-corrected chi connectivity index (χ2v) is 5.66. The molecular weight excluding hydrogens is 344 g/mol. The highest BCUT2D eigenvalue weighted by Crippen LogP contribution is 2.17. The van der Waals surface area contributed by atoms with E-state index in [0.717, 1.165) is 11.1 Å². The lowest BCUT2D eigenvalue weighted by Gasteiger charge is -2.08. The largest absolute Gasteiger partial charge is 0.481 e. The van der Waals surface area contributed by atoms with Gasteiger partial charge in [-0.15, -0.1) is 0 Å². The molecule has 0 atom stereocenters. The molecule has 0 aliphatic heterocycles. The smallest absolute Gasteiger partial charge is 0.387 e. The van der Waals surface area contributed by atoms with Gasteiger partial charge in [0.25, 0.3) is 0 Å². The van der Waals surface area contributed by atoms with Crippen molar-refractivity contribution in [1.29, 1.82) is 0 Å². The van der Waals surface area contributed by atoms with Gasteiger partial charge < -0.3 is 15.2 Å². The first-order valence-corrected chi connectivity index (χ1v) is 8.07. The molecule has 2 aromatic rings. The average molecular weight is 363 g/mol. The number of anilines is 1. The molecule has 0 aliphatic carbocycles. The van der Waals surface area contributed by atoms with Crippen molar-refractivity contribution in [1.82, 2.24) is 0 Å². The topological polar surface area (TPSA) is 75.6 Å². The first-order valence-electron chi connectivity index (χ1n) is 8.07. The lowest BCUT2D eigenvalue weighted by Crippen LogP contribution is -2.12. The van der Waals surface area contributed by atoms with Gasteiger partial charge in [0.15, 0.2) is 0 Å². The summed E-state index contributed by atoms with van der Waals surface area (Å²) in [6.45, 7) is -2.86. The molecule has 0 radical (unpaired) electrons. The van der Waals surface area contributed by atoms with E-state index < -0.39 is 12.6 Å². The van der Waals surface area contributed by atoms with Crippen molar-refractivity contribution in [2.24, 2.45) is 0 Å². The van der Waals surface area contributed by atoms with Crippen molar-refractivity contribution < 1.29 is 28.2 Å². The van der Waals surface area contributed by atoms with Crippen LogP contribution in [0.15, 0.2) is 48.5 Å².